The van der Waals surface area contributed by atoms with Gasteiger partial charge in [0, 0.05) is 3.92 Å². The van der Waals surface area contributed by atoms with E-state index >= 15 is 0 Å². The van der Waals surface area contributed by atoms with E-state index in [1.54, 1.807) is 11.1 Å². The number of hydrogen-bond acceptors (Lipinski definition) is 0. The molecule has 0 aromatic heterocycles. The van der Waals surface area contributed by atoms with E-state index in [1.807, 2.05) is 0 Å². The van der Waals surface area contributed by atoms with Gasteiger partial charge in [-0.15, -0.1) is 0 Å². The maximum atomic E-state index is 2.56. The SMILES string of the molecule is Cc1ccc2c(c1)C(I)CCC2. The summed E-state index contributed by atoms with van der Waals surface area (Å²) in [7, 11) is 0. The number of benzene rings is 1. The lowest BCUT2D eigenvalue weighted by Crippen LogP contribution is -2.04. The highest BCUT2D eigenvalue weighted by Gasteiger charge is 2.16. The van der Waals surface area contributed by atoms with Gasteiger partial charge in [-0.25, -0.2) is 0 Å². The maximum absolute atomic E-state index is 2.56. The standard InChI is InChI=1S/C11H13I/c1-8-5-6-9-3-2-4-11(12)10(9)7-8/h5-7,11H,2-4H2,1H3. The van der Waals surface area contributed by atoms with Crippen LogP contribution in [-0.4, -0.2) is 0 Å². The van der Waals surface area contributed by atoms with Crippen molar-refractivity contribution in [2.24, 2.45) is 0 Å². The van der Waals surface area contributed by atoms with Crippen LogP contribution in [0.5, 0.6) is 0 Å². The molecule has 0 saturated carbocycles. The summed E-state index contributed by atoms with van der Waals surface area (Å²) in [6.07, 6.45) is 4.01. The van der Waals surface area contributed by atoms with Crippen molar-refractivity contribution in [3.05, 3.63) is 34.9 Å². The molecule has 0 spiro atoms. The Balaban J connectivity index is 2.47. The third-order valence-electron chi connectivity index (χ3n) is 2.54. The molecule has 0 amide bonds. The van der Waals surface area contributed by atoms with Gasteiger partial charge in [0.2, 0.25) is 0 Å². The van der Waals surface area contributed by atoms with Crippen LogP contribution in [0.2, 0.25) is 0 Å². The highest BCUT2D eigenvalue weighted by molar-refractivity contribution is 14.1. The topological polar surface area (TPSA) is 0 Å². The number of hydrogen-bond donors (Lipinski definition) is 0. The van der Waals surface area contributed by atoms with E-state index in [-0.39, 0.29) is 0 Å². The molecule has 0 nitrogen and oxygen atoms in total. The van der Waals surface area contributed by atoms with E-state index in [0.717, 1.165) is 3.92 Å². The first-order valence-electron chi connectivity index (χ1n) is 4.51. The third kappa shape index (κ3) is 1.51. The molecule has 1 unspecified atom stereocenters. The Morgan fingerprint density at radius 1 is 1.42 bits per heavy atom. The summed E-state index contributed by atoms with van der Waals surface area (Å²) in [5.41, 5.74) is 4.56. The summed E-state index contributed by atoms with van der Waals surface area (Å²) in [6, 6.07) is 6.88. The lowest BCUT2D eigenvalue weighted by atomic mass is 9.91. The van der Waals surface area contributed by atoms with Crippen LogP contribution in [0.4, 0.5) is 0 Å². The molecule has 1 aliphatic rings. The van der Waals surface area contributed by atoms with Crippen LogP contribution >= 0.6 is 22.6 Å². The molecule has 2 rings (SSSR count). The second kappa shape index (κ2) is 3.36. The first-order chi connectivity index (χ1) is 5.77. The zero-order valence-electron chi connectivity index (χ0n) is 7.31. The zero-order valence-corrected chi connectivity index (χ0v) is 9.47. The average molecular weight is 272 g/mol. The molecule has 1 aromatic carbocycles. The fourth-order valence-corrected chi connectivity index (χ4v) is 2.88. The predicted octanol–water partition coefficient (Wildman–Crippen LogP) is 3.81. The fraction of sp³-hybridized carbons (Fsp3) is 0.455. The van der Waals surface area contributed by atoms with Crippen molar-refractivity contribution in [2.75, 3.05) is 0 Å². The van der Waals surface area contributed by atoms with Gasteiger partial charge in [0.15, 0.2) is 0 Å². The van der Waals surface area contributed by atoms with Crippen LogP contribution in [0.1, 0.15) is 33.5 Å². The highest BCUT2D eigenvalue weighted by atomic mass is 127. The van der Waals surface area contributed by atoms with Crippen molar-refractivity contribution < 1.29 is 0 Å². The molecule has 1 atom stereocenters. The average Bonchev–Trinajstić information content (AvgIpc) is 2.07. The smallest absolute Gasteiger partial charge is 0.0362 e. The molecule has 0 N–H and O–H groups in total. The molecular weight excluding hydrogens is 259 g/mol. The second-order valence-electron chi connectivity index (χ2n) is 3.56. The van der Waals surface area contributed by atoms with Crippen molar-refractivity contribution in [2.45, 2.75) is 30.1 Å². The number of alkyl halides is 1. The summed E-state index contributed by atoms with van der Waals surface area (Å²) < 4.78 is 0.756. The molecule has 0 saturated heterocycles. The molecule has 0 aliphatic heterocycles. The van der Waals surface area contributed by atoms with Crippen LogP contribution in [0, 0.1) is 6.92 Å². The molecular formula is C11H13I. The quantitative estimate of drug-likeness (QED) is 0.497. The van der Waals surface area contributed by atoms with Gasteiger partial charge < -0.3 is 0 Å². The van der Waals surface area contributed by atoms with Gasteiger partial charge in [-0.05, 0) is 37.3 Å². The van der Waals surface area contributed by atoms with E-state index in [4.69, 9.17) is 0 Å². The van der Waals surface area contributed by atoms with E-state index < -0.39 is 0 Å². The first kappa shape index (κ1) is 8.54. The highest BCUT2D eigenvalue weighted by Crippen LogP contribution is 2.36. The minimum Gasteiger partial charge on any atom is -0.0774 e. The Hall–Kier alpha value is -0.0500. The maximum Gasteiger partial charge on any atom is 0.0362 e. The van der Waals surface area contributed by atoms with E-state index in [9.17, 15) is 0 Å². The normalized spacial score (nSPS) is 22.0. The summed E-state index contributed by atoms with van der Waals surface area (Å²) in [5, 5.41) is 0. The zero-order chi connectivity index (χ0) is 8.55. The third-order valence-corrected chi connectivity index (χ3v) is 3.84. The van der Waals surface area contributed by atoms with Crippen LogP contribution < -0.4 is 0 Å². The molecule has 12 heavy (non-hydrogen) atoms. The summed E-state index contributed by atoms with van der Waals surface area (Å²) in [5.74, 6) is 0. The van der Waals surface area contributed by atoms with E-state index in [1.165, 1.54) is 24.8 Å². The van der Waals surface area contributed by atoms with Gasteiger partial charge in [0.05, 0.1) is 0 Å². The van der Waals surface area contributed by atoms with Gasteiger partial charge in [0.1, 0.15) is 0 Å². The monoisotopic (exact) mass is 272 g/mol. The second-order valence-corrected chi connectivity index (χ2v) is 5.07. The number of rotatable bonds is 0. The Bertz CT molecular complexity index is 291. The van der Waals surface area contributed by atoms with Gasteiger partial charge in [0.25, 0.3) is 0 Å². The Morgan fingerprint density at radius 2 is 2.25 bits per heavy atom. The fourth-order valence-electron chi connectivity index (χ4n) is 1.86. The van der Waals surface area contributed by atoms with Gasteiger partial charge in [-0.2, -0.15) is 0 Å². The minimum absolute atomic E-state index is 0.756. The Kier molecular flexibility index (Phi) is 2.40. The van der Waals surface area contributed by atoms with E-state index in [2.05, 4.69) is 47.7 Å². The van der Waals surface area contributed by atoms with Crippen molar-refractivity contribution >= 4 is 22.6 Å². The number of fused-ring (bicyclic) bond motifs is 1. The van der Waals surface area contributed by atoms with Gasteiger partial charge >= 0.3 is 0 Å². The molecule has 64 valence electrons. The molecule has 0 fully saturated rings. The summed E-state index contributed by atoms with van der Waals surface area (Å²) in [6.45, 7) is 2.18. The summed E-state index contributed by atoms with van der Waals surface area (Å²) in [4.78, 5) is 0. The Labute approximate surface area is 87.5 Å². The van der Waals surface area contributed by atoms with Crippen molar-refractivity contribution in [1.29, 1.82) is 0 Å². The van der Waals surface area contributed by atoms with Crippen molar-refractivity contribution in [3.8, 4) is 0 Å². The molecule has 0 heterocycles. The van der Waals surface area contributed by atoms with Crippen LogP contribution in [0.15, 0.2) is 18.2 Å². The van der Waals surface area contributed by atoms with Crippen LogP contribution in [0.3, 0.4) is 0 Å². The Morgan fingerprint density at radius 3 is 3.08 bits per heavy atom. The van der Waals surface area contributed by atoms with Gasteiger partial charge in [-0.1, -0.05) is 46.4 Å². The molecule has 0 radical (unpaired) electrons. The molecule has 1 aliphatic carbocycles. The lowest BCUT2D eigenvalue weighted by molar-refractivity contribution is 0.688. The predicted molar refractivity (Wildman–Crippen MR) is 60.9 cm³/mol. The minimum atomic E-state index is 0.756. The van der Waals surface area contributed by atoms with Crippen molar-refractivity contribution in [1.82, 2.24) is 0 Å². The lowest BCUT2D eigenvalue weighted by Gasteiger charge is -2.21. The molecule has 1 aromatic rings. The summed E-state index contributed by atoms with van der Waals surface area (Å²) >= 11 is 2.56. The largest absolute Gasteiger partial charge is 0.0774 e. The van der Waals surface area contributed by atoms with Crippen LogP contribution in [-0.2, 0) is 6.42 Å². The molecule has 0 bridgehead atoms. The molecule has 1 heteroatoms. The van der Waals surface area contributed by atoms with Crippen LogP contribution in [0.25, 0.3) is 0 Å². The van der Waals surface area contributed by atoms with Crippen molar-refractivity contribution in [3.63, 3.8) is 0 Å². The van der Waals surface area contributed by atoms with E-state index in [0.29, 0.717) is 0 Å². The first-order valence-corrected chi connectivity index (χ1v) is 5.75. The number of halogens is 1. The van der Waals surface area contributed by atoms with Gasteiger partial charge in [-0.3, -0.25) is 0 Å². The number of aryl methyl sites for hydroxylation is 2.